The van der Waals surface area contributed by atoms with Crippen LogP contribution in [0.2, 0.25) is 0 Å². The Morgan fingerprint density at radius 3 is 2.43 bits per heavy atom. The van der Waals surface area contributed by atoms with Crippen LogP contribution in [-0.4, -0.2) is 12.6 Å². The molecule has 21 heavy (non-hydrogen) atoms. The summed E-state index contributed by atoms with van der Waals surface area (Å²) in [5.41, 5.74) is 7.10. The lowest BCUT2D eigenvalue weighted by atomic mass is 10.1. The van der Waals surface area contributed by atoms with Crippen molar-refractivity contribution in [1.29, 1.82) is 0 Å². The van der Waals surface area contributed by atoms with E-state index < -0.39 is 0 Å². The van der Waals surface area contributed by atoms with E-state index in [4.69, 9.17) is 10.5 Å². The molecule has 0 spiro atoms. The molecular formula is C18H30BrNO. The molecule has 0 aliphatic heterocycles. The maximum atomic E-state index is 5.94. The molecule has 0 heterocycles. The van der Waals surface area contributed by atoms with Gasteiger partial charge >= 0.3 is 0 Å². The first-order valence-electron chi connectivity index (χ1n) is 8.30. The van der Waals surface area contributed by atoms with Crippen molar-refractivity contribution in [2.75, 3.05) is 6.61 Å². The molecule has 1 aromatic rings. The number of ether oxygens (including phenoxy) is 1. The van der Waals surface area contributed by atoms with Crippen LogP contribution in [0.1, 0.15) is 64.4 Å². The normalized spacial score (nSPS) is 12.4. The first-order valence-corrected chi connectivity index (χ1v) is 9.09. The van der Waals surface area contributed by atoms with Crippen LogP contribution in [0, 0.1) is 0 Å². The summed E-state index contributed by atoms with van der Waals surface area (Å²) in [5, 5.41) is 0. The van der Waals surface area contributed by atoms with Gasteiger partial charge in [0.1, 0.15) is 5.75 Å². The molecule has 0 radical (unpaired) electrons. The predicted molar refractivity (Wildman–Crippen MR) is 95.0 cm³/mol. The lowest BCUT2D eigenvalue weighted by Gasteiger charge is -2.13. The smallest absolute Gasteiger partial charge is 0.122 e. The highest BCUT2D eigenvalue weighted by Crippen LogP contribution is 2.24. The largest absolute Gasteiger partial charge is 0.493 e. The van der Waals surface area contributed by atoms with E-state index >= 15 is 0 Å². The van der Waals surface area contributed by atoms with E-state index in [1.165, 1.54) is 44.1 Å². The lowest BCUT2D eigenvalue weighted by molar-refractivity contribution is 0.301. The van der Waals surface area contributed by atoms with Crippen molar-refractivity contribution in [2.45, 2.75) is 71.3 Å². The number of hydrogen-bond acceptors (Lipinski definition) is 2. The van der Waals surface area contributed by atoms with Crippen molar-refractivity contribution in [1.82, 2.24) is 0 Å². The molecule has 0 bridgehead atoms. The molecule has 0 aromatic heterocycles. The maximum absolute atomic E-state index is 5.94. The van der Waals surface area contributed by atoms with Gasteiger partial charge < -0.3 is 10.5 Å². The Balaban J connectivity index is 2.28. The van der Waals surface area contributed by atoms with Gasteiger partial charge in [-0.25, -0.2) is 0 Å². The number of hydrogen-bond donors (Lipinski definition) is 1. The van der Waals surface area contributed by atoms with Crippen LogP contribution in [0.15, 0.2) is 22.7 Å². The fraction of sp³-hybridized carbons (Fsp3) is 0.667. The highest BCUT2D eigenvalue weighted by molar-refractivity contribution is 9.10. The summed E-state index contributed by atoms with van der Waals surface area (Å²) in [5.74, 6) is 0.987. The molecule has 0 aliphatic carbocycles. The average molecular weight is 356 g/mol. The lowest BCUT2D eigenvalue weighted by Crippen LogP contribution is -2.18. The molecule has 1 rings (SSSR count). The third-order valence-electron chi connectivity index (χ3n) is 3.57. The molecule has 0 fully saturated rings. The molecule has 2 nitrogen and oxygen atoms in total. The average Bonchev–Trinajstić information content (AvgIpc) is 2.43. The van der Waals surface area contributed by atoms with Gasteiger partial charge in [0.15, 0.2) is 0 Å². The zero-order chi connectivity index (χ0) is 15.5. The predicted octanol–water partition coefficient (Wildman–Crippen LogP) is 5.47. The zero-order valence-electron chi connectivity index (χ0n) is 13.5. The van der Waals surface area contributed by atoms with Crippen LogP contribution in [0.25, 0.3) is 0 Å². The molecule has 0 saturated heterocycles. The minimum Gasteiger partial charge on any atom is -0.493 e. The number of rotatable bonds is 11. The molecule has 2 N–H and O–H groups in total. The molecule has 1 unspecified atom stereocenters. The number of unbranched alkanes of at least 4 members (excludes halogenated alkanes) is 6. The van der Waals surface area contributed by atoms with Gasteiger partial charge in [-0.2, -0.15) is 0 Å². The van der Waals surface area contributed by atoms with E-state index in [2.05, 4.69) is 28.9 Å². The highest BCUT2D eigenvalue weighted by Gasteiger charge is 2.07. The third kappa shape index (κ3) is 8.47. The van der Waals surface area contributed by atoms with E-state index in [0.29, 0.717) is 0 Å². The van der Waals surface area contributed by atoms with E-state index in [-0.39, 0.29) is 6.04 Å². The minimum atomic E-state index is 0.153. The minimum absolute atomic E-state index is 0.153. The first-order chi connectivity index (χ1) is 10.1. The van der Waals surface area contributed by atoms with Gasteiger partial charge in [0, 0.05) is 10.5 Å². The molecular weight excluding hydrogens is 326 g/mol. The standard InChI is InChI=1S/C18H30BrNO/c1-3-4-5-6-7-8-9-12-21-18-11-10-17(19)14-16(18)13-15(2)20/h10-11,14-15H,3-9,12-13,20H2,1-2H3. The van der Waals surface area contributed by atoms with E-state index in [1.54, 1.807) is 0 Å². The van der Waals surface area contributed by atoms with Crippen LogP contribution in [-0.2, 0) is 6.42 Å². The summed E-state index contributed by atoms with van der Waals surface area (Å²) in [6, 6.07) is 6.34. The molecule has 0 aliphatic rings. The summed E-state index contributed by atoms with van der Waals surface area (Å²) >= 11 is 3.51. The van der Waals surface area contributed by atoms with Crippen molar-refractivity contribution in [3.8, 4) is 5.75 Å². The first kappa shape index (κ1) is 18.5. The molecule has 1 atom stereocenters. The Morgan fingerprint density at radius 1 is 1.10 bits per heavy atom. The zero-order valence-corrected chi connectivity index (χ0v) is 15.1. The van der Waals surface area contributed by atoms with Crippen LogP contribution in [0.5, 0.6) is 5.75 Å². The van der Waals surface area contributed by atoms with Gasteiger partial charge in [-0.1, -0.05) is 61.4 Å². The van der Waals surface area contributed by atoms with E-state index in [1.807, 2.05) is 19.1 Å². The monoisotopic (exact) mass is 355 g/mol. The Labute approximate surface area is 138 Å². The molecule has 0 saturated carbocycles. The molecule has 1 aromatic carbocycles. The summed E-state index contributed by atoms with van der Waals surface area (Å²) < 4.78 is 7.03. The Morgan fingerprint density at radius 2 is 1.76 bits per heavy atom. The second kappa shape index (κ2) is 11.1. The number of halogens is 1. The summed E-state index contributed by atoms with van der Waals surface area (Å²) in [7, 11) is 0. The van der Waals surface area contributed by atoms with Crippen LogP contribution < -0.4 is 10.5 Å². The van der Waals surface area contributed by atoms with Gasteiger partial charge in [0.25, 0.3) is 0 Å². The Kier molecular flexibility index (Phi) is 9.77. The number of benzene rings is 1. The second-order valence-corrected chi connectivity index (χ2v) is 6.82. The van der Waals surface area contributed by atoms with Crippen molar-refractivity contribution in [3.05, 3.63) is 28.2 Å². The van der Waals surface area contributed by atoms with Crippen molar-refractivity contribution in [3.63, 3.8) is 0 Å². The summed E-state index contributed by atoms with van der Waals surface area (Å²) in [6.07, 6.45) is 10.0. The van der Waals surface area contributed by atoms with Crippen LogP contribution in [0.4, 0.5) is 0 Å². The third-order valence-corrected chi connectivity index (χ3v) is 4.06. The van der Waals surface area contributed by atoms with E-state index in [9.17, 15) is 0 Å². The Hall–Kier alpha value is -0.540. The van der Waals surface area contributed by atoms with Gasteiger partial charge in [0.2, 0.25) is 0 Å². The van der Waals surface area contributed by atoms with Crippen LogP contribution >= 0.6 is 15.9 Å². The molecule has 0 amide bonds. The Bertz CT molecular complexity index is 393. The fourth-order valence-corrected chi connectivity index (χ4v) is 2.85. The second-order valence-electron chi connectivity index (χ2n) is 5.90. The number of nitrogens with two attached hydrogens (primary N) is 1. The van der Waals surface area contributed by atoms with Crippen molar-refractivity contribution in [2.24, 2.45) is 5.73 Å². The van der Waals surface area contributed by atoms with Crippen molar-refractivity contribution >= 4 is 15.9 Å². The summed E-state index contributed by atoms with van der Waals surface area (Å²) in [4.78, 5) is 0. The highest BCUT2D eigenvalue weighted by atomic mass is 79.9. The van der Waals surface area contributed by atoms with Gasteiger partial charge in [0.05, 0.1) is 6.61 Å². The maximum Gasteiger partial charge on any atom is 0.122 e. The molecule has 120 valence electrons. The van der Waals surface area contributed by atoms with Crippen LogP contribution in [0.3, 0.4) is 0 Å². The van der Waals surface area contributed by atoms with Gasteiger partial charge in [-0.15, -0.1) is 0 Å². The fourth-order valence-electron chi connectivity index (χ4n) is 2.44. The summed E-state index contributed by atoms with van der Waals surface area (Å²) in [6.45, 7) is 5.09. The quantitative estimate of drug-likeness (QED) is 0.534. The van der Waals surface area contributed by atoms with Gasteiger partial charge in [-0.3, -0.25) is 0 Å². The SMILES string of the molecule is CCCCCCCCCOc1ccc(Br)cc1CC(C)N. The molecule has 3 heteroatoms. The topological polar surface area (TPSA) is 35.2 Å². The van der Waals surface area contributed by atoms with Gasteiger partial charge in [-0.05, 0) is 43.5 Å². The van der Waals surface area contributed by atoms with E-state index in [0.717, 1.165) is 29.7 Å². The van der Waals surface area contributed by atoms with Crippen molar-refractivity contribution < 1.29 is 4.74 Å².